The molecule has 2 unspecified atom stereocenters. The zero-order valence-corrected chi connectivity index (χ0v) is 13.9. The van der Waals surface area contributed by atoms with Crippen LogP contribution in [0.15, 0.2) is 0 Å². The van der Waals surface area contributed by atoms with Gasteiger partial charge in [0, 0.05) is 31.2 Å². The van der Waals surface area contributed by atoms with E-state index in [0.717, 1.165) is 38.4 Å². The van der Waals surface area contributed by atoms with Gasteiger partial charge < -0.3 is 15.3 Å². The molecule has 2 aliphatic rings. The van der Waals surface area contributed by atoms with Crippen LogP contribution in [0, 0.1) is 17.3 Å². The molecule has 1 saturated carbocycles. The molecule has 2 fully saturated rings. The van der Waals surface area contributed by atoms with E-state index in [1.54, 1.807) is 0 Å². The molecule has 1 aliphatic heterocycles. The van der Waals surface area contributed by atoms with Gasteiger partial charge in [0.05, 0.1) is 0 Å². The number of rotatable bonds is 5. The number of hydrogen-bond acceptors (Lipinski definition) is 3. The van der Waals surface area contributed by atoms with Crippen molar-refractivity contribution in [2.75, 3.05) is 26.2 Å². The van der Waals surface area contributed by atoms with Crippen molar-refractivity contribution in [2.45, 2.75) is 58.9 Å². The van der Waals surface area contributed by atoms with Gasteiger partial charge in [-0.05, 0) is 44.1 Å². The Balaban J connectivity index is 1.91. The van der Waals surface area contributed by atoms with Gasteiger partial charge in [0.1, 0.15) is 0 Å². The largest absolute Gasteiger partial charge is 0.396 e. The average Bonchev–Trinajstić information content (AvgIpc) is 2.35. The molecule has 122 valence electrons. The number of carbonyl (C=O) groups is 1. The van der Waals surface area contributed by atoms with Gasteiger partial charge >= 0.3 is 0 Å². The molecular formula is C17H32N2O2. The fraction of sp³-hybridized carbons (Fsp3) is 0.941. The molecular weight excluding hydrogens is 264 g/mol. The molecule has 2 N–H and O–H groups in total. The van der Waals surface area contributed by atoms with Crippen molar-refractivity contribution in [3.63, 3.8) is 0 Å². The van der Waals surface area contributed by atoms with Crippen LogP contribution < -0.4 is 5.32 Å². The van der Waals surface area contributed by atoms with Crippen LogP contribution in [0.2, 0.25) is 0 Å². The van der Waals surface area contributed by atoms with Crippen molar-refractivity contribution < 1.29 is 9.90 Å². The highest BCUT2D eigenvalue weighted by atomic mass is 16.3. The Labute approximate surface area is 129 Å². The Morgan fingerprint density at radius 2 is 1.95 bits per heavy atom. The second-order valence-corrected chi connectivity index (χ2v) is 7.98. The van der Waals surface area contributed by atoms with E-state index >= 15 is 0 Å². The fourth-order valence-electron chi connectivity index (χ4n) is 3.41. The van der Waals surface area contributed by atoms with Gasteiger partial charge in [-0.2, -0.15) is 0 Å². The Morgan fingerprint density at radius 1 is 1.24 bits per heavy atom. The van der Waals surface area contributed by atoms with Crippen LogP contribution in [-0.4, -0.2) is 48.2 Å². The fourth-order valence-corrected chi connectivity index (χ4v) is 3.41. The third-order valence-corrected chi connectivity index (χ3v) is 4.92. The minimum atomic E-state index is -0.320. The second-order valence-electron chi connectivity index (χ2n) is 7.98. The highest BCUT2D eigenvalue weighted by Crippen LogP contribution is 2.28. The van der Waals surface area contributed by atoms with E-state index in [1.807, 2.05) is 25.7 Å². The number of carbonyl (C=O) groups excluding carboxylic acids is 1. The van der Waals surface area contributed by atoms with Crippen molar-refractivity contribution >= 4 is 5.91 Å². The smallest absolute Gasteiger partial charge is 0.228 e. The van der Waals surface area contributed by atoms with Gasteiger partial charge in [-0.3, -0.25) is 4.79 Å². The summed E-state index contributed by atoms with van der Waals surface area (Å²) < 4.78 is 0. The number of piperidine rings is 1. The van der Waals surface area contributed by atoms with Crippen LogP contribution in [-0.2, 0) is 4.79 Å². The quantitative estimate of drug-likeness (QED) is 0.816. The predicted molar refractivity (Wildman–Crippen MR) is 85.0 cm³/mol. The molecule has 0 radical (unpaired) electrons. The zero-order valence-electron chi connectivity index (χ0n) is 13.9. The average molecular weight is 296 g/mol. The highest BCUT2D eigenvalue weighted by Gasteiger charge is 2.34. The molecule has 21 heavy (non-hydrogen) atoms. The van der Waals surface area contributed by atoms with E-state index in [2.05, 4.69) is 5.32 Å². The van der Waals surface area contributed by atoms with Gasteiger partial charge in [-0.25, -0.2) is 0 Å². The number of nitrogens with one attached hydrogen (secondary N) is 1. The first kappa shape index (κ1) is 16.8. The summed E-state index contributed by atoms with van der Waals surface area (Å²) in [6.07, 6.45) is 5.96. The summed E-state index contributed by atoms with van der Waals surface area (Å²) in [6, 6.07) is 0.391. The van der Waals surface area contributed by atoms with Crippen LogP contribution >= 0.6 is 0 Å². The number of aliphatic hydroxyl groups excluding tert-OH is 1. The van der Waals surface area contributed by atoms with Crippen LogP contribution in [0.4, 0.5) is 0 Å². The van der Waals surface area contributed by atoms with Crippen LogP contribution in [0.5, 0.6) is 0 Å². The molecule has 0 aromatic carbocycles. The van der Waals surface area contributed by atoms with E-state index in [-0.39, 0.29) is 17.9 Å². The standard InChI is InChI=1S/C17H32N2O2/c1-17(2,3)16(21)19-11-14(7-8-20)9-15(12-19)18-10-13-5-4-6-13/h13-15,18,20H,4-12H2,1-3H3. The van der Waals surface area contributed by atoms with E-state index < -0.39 is 0 Å². The Bertz CT molecular complexity index is 347. The van der Waals surface area contributed by atoms with E-state index in [0.29, 0.717) is 12.0 Å². The summed E-state index contributed by atoms with van der Waals surface area (Å²) in [4.78, 5) is 14.6. The van der Waals surface area contributed by atoms with Crippen molar-refractivity contribution in [3.05, 3.63) is 0 Å². The van der Waals surface area contributed by atoms with Gasteiger partial charge in [-0.1, -0.05) is 27.2 Å². The first-order valence-corrected chi connectivity index (χ1v) is 8.53. The zero-order chi connectivity index (χ0) is 15.5. The lowest BCUT2D eigenvalue weighted by Crippen LogP contribution is -2.54. The van der Waals surface area contributed by atoms with Crippen LogP contribution in [0.1, 0.15) is 52.9 Å². The number of nitrogens with zero attached hydrogens (tertiary/aromatic N) is 1. The number of hydrogen-bond donors (Lipinski definition) is 2. The molecule has 4 nitrogen and oxygen atoms in total. The topological polar surface area (TPSA) is 52.6 Å². The Hall–Kier alpha value is -0.610. The molecule has 1 heterocycles. The molecule has 0 aromatic rings. The number of amides is 1. The summed E-state index contributed by atoms with van der Waals surface area (Å²) in [5.74, 6) is 1.50. The molecule has 0 spiro atoms. The maximum Gasteiger partial charge on any atom is 0.228 e. The molecule has 0 bridgehead atoms. The summed E-state index contributed by atoms with van der Waals surface area (Å²) >= 11 is 0. The molecule has 1 aliphatic carbocycles. The SMILES string of the molecule is CC(C)(C)C(=O)N1CC(CCO)CC(NCC2CCC2)C1. The van der Waals surface area contributed by atoms with Crippen molar-refractivity contribution in [2.24, 2.45) is 17.3 Å². The molecule has 4 heteroatoms. The lowest BCUT2D eigenvalue weighted by atomic mass is 9.84. The third kappa shape index (κ3) is 4.68. The summed E-state index contributed by atoms with van der Waals surface area (Å²) in [5.41, 5.74) is -0.320. The molecule has 2 rings (SSSR count). The van der Waals surface area contributed by atoms with Crippen molar-refractivity contribution in [3.8, 4) is 0 Å². The van der Waals surface area contributed by atoms with Gasteiger partial charge in [0.25, 0.3) is 0 Å². The summed E-state index contributed by atoms with van der Waals surface area (Å²) in [6.45, 7) is 8.90. The number of likely N-dealkylation sites (tertiary alicyclic amines) is 1. The van der Waals surface area contributed by atoms with Crippen molar-refractivity contribution in [1.29, 1.82) is 0 Å². The minimum absolute atomic E-state index is 0.220. The summed E-state index contributed by atoms with van der Waals surface area (Å²) in [5, 5.41) is 12.9. The molecule has 2 atom stereocenters. The van der Waals surface area contributed by atoms with E-state index in [9.17, 15) is 9.90 Å². The second kappa shape index (κ2) is 7.10. The predicted octanol–water partition coefficient (Wildman–Crippen LogP) is 2.02. The molecule has 1 saturated heterocycles. The minimum Gasteiger partial charge on any atom is -0.396 e. The Kier molecular flexibility index (Phi) is 5.67. The molecule has 0 aromatic heterocycles. The van der Waals surface area contributed by atoms with E-state index in [4.69, 9.17) is 0 Å². The number of aliphatic hydroxyl groups is 1. The van der Waals surface area contributed by atoms with Crippen LogP contribution in [0.3, 0.4) is 0 Å². The molecule has 1 amide bonds. The van der Waals surface area contributed by atoms with Gasteiger partial charge in [0.2, 0.25) is 5.91 Å². The maximum absolute atomic E-state index is 12.6. The highest BCUT2D eigenvalue weighted by molar-refractivity contribution is 5.81. The first-order valence-electron chi connectivity index (χ1n) is 8.53. The normalized spacial score (nSPS) is 27.5. The van der Waals surface area contributed by atoms with Crippen molar-refractivity contribution in [1.82, 2.24) is 10.2 Å². The third-order valence-electron chi connectivity index (χ3n) is 4.92. The van der Waals surface area contributed by atoms with Gasteiger partial charge in [0.15, 0.2) is 0 Å². The lowest BCUT2D eigenvalue weighted by molar-refractivity contribution is -0.142. The van der Waals surface area contributed by atoms with E-state index in [1.165, 1.54) is 19.3 Å². The van der Waals surface area contributed by atoms with Gasteiger partial charge in [-0.15, -0.1) is 0 Å². The monoisotopic (exact) mass is 296 g/mol. The lowest BCUT2D eigenvalue weighted by Gasteiger charge is -2.41. The maximum atomic E-state index is 12.6. The first-order chi connectivity index (χ1) is 9.90. The Morgan fingerprint density at radius 3 is 2.48 bits per heavy atom. The van der Waals surface area contributed by atoms with Crippen LogP contribution in [0.25, 0.3) is 0 Å². The summed E-state index contributed by atoms with van der Waals surface area (Å²) in [7, 11) is 0.